The quantitative estimate of drug-likeness (QED) is 0.753. The number of hydrogen-bond donors (Lipinski definition) is 1. The van der Waals surface area contributed by atoms with Gasteiger partial charge in [0, 0.05) is 25.9 Å². The van der Waals surface area contributed by atoms with Crippen molar-refractivity contribution in [2.24, 2.45) is 5.92 Å². The minimum Gasteiger partial charge on any atom is -0.481 e. The number of hydrogen-bond acceptors (Lipinski definition) is 2. The fourth-order valence-electron chi connectivity index (χ4n) is 1.95. The van der Waals surface area contributed by atoms with Gasteiger partial charge in [-0.05, 0) is 18.8 Å². The first-order valence-corrected chi connectivity index (χ1v) is 5.63. The first-order valence-electron chi connectivity index (χ1n) is 5.63. The van der Waals surface area contributed by atoms with Crippen LogP contribution >= 0.6 is 0 Å². The maximum atomic E-state index is 11.5. The van der Waals surface area contributed by atoms with Gasteiger partial charge in [-0.1, -0.05) is 13.3 Å². The highest BCUT2D eigenvalue weighted by Crippen LogP contribution is 2.16. The van der Waals surface area contributed by atoms with E-state index in [0.29, 0.717) is 13.0 Å². The lowest BCUT2D eigenvalue weighted by molar-refractivity contribution is -0.140. The average molecular weight is 213 g/mol. The fraction of sp³-hybridized carbons (Fsp3) is 0.818. The van der Waals surface area contributed by atoms with Crippen LogP contribution in [0.15, 0.2) is 0 Å². The molecule has 1 amide bonds. The summed E-state index contributed by atoms with van der Waals surface area (Å²) in [6, 6.07) is 0. The summed E-state index contributed by atoms with van der Waals surface area (Å²) in [4.78, 5) is 23.9. The van der Waals surface area contributed by atoms with Crippen LogP contribution in [-0.2, 0) is 9.59 Å². The molecule has 0 spiro atoms. The molecule has 1 aliphatic rings. The van der Waals surface area contributed by atoms with Gasteiger partial charge in [-0.25, -0.2) is 0 Å². The third kappa shape index (κ3) is 3.90. The van der Waals surface area contributed by atoms with Gasteiger partial charge in [-0.2, -0.15) is 0 Å². The first kappa shape index (κ1) is 12.0. The highest BCUT2D eigenvalue weighted by molar-refractivity contribution is 5.76. The van der Waals surface area contributed by atoms with Crippen LogP contribution in [0.2, 0.25) is 0 Å². The Morgan fingerprint density at radius 1 is 1.53 bits per heavy atom. The number of carboxylic acids is 1. The molecule has 1 atom stereocenters. The SMILES string of the molecule is CCC(CC(=O)O)CN1CCCCC1=O. The molecule has 1 rings (SSSR count). The van der Waals surface area contributed by atoms with Crippen molar-refractivity contribution in [3.8, 4) is 0 Å². The number of piperidine rings is 1. The number of rotatable bonds is 5. The van der Waals surface area contributed by atoms with Gasteiger partial charge >= 0.3 is 5.97 Å². The molecule has 4 nitrogen and oxygen atoms in total. The van der Waals surface area contributed by atoms with Crippen LogP contribution in [0.5, 0.6) is 0 Å². The van der Waals surface area contributed by atoms with Gasteiger partial charge < -0.3 is 10.0 Å². The lowest BCUT2D eigenvalue weighted by atomic mass is 10.00. The van der Waals surface area contributed by atoms with E-state index in [1.54, 1.807) is 0 Å². The van der Waals surface area contributed by atoms with Crippen LogP contribution in [0.3, 0.4) is 0 Å². The molecule has 0 aromatic rings. The van der Waals surface area contributed by atoms with Gasteiger partial charge in [0.25, 0.3) is 0 Å². The molecular formula is C11H19NO3. The van der Waals surface area contributed by atoms with Crippen LogP contribution in [-0.4, -0.2) is 35.0 Å². The Morgan fingerprint density at radius 3 is 2.80 bits per heavy atom. The van der Waals surface area contributed by atoms with E-state index >= 15 is 0 Å². The maximum absolute atomic E-state index is 11.5. The second kappa shape index (κ2) is 5.73. The van der Waals surface area contributed by atoms with Crippen molar-refractivity contribution in [1.29, 1.82) is 0 Å². The molecule has 0 aromatic carbocycles. The van der Waals surface area contributed by atoms with Gasteiger partial charge in [-0.15, -0.1) is 0 Å². The van der Waals surface area contributed by atoms with E-state index in [-0.39, 0.29) is 18.2 Å². The molecule has 0 aliphatic carbocycles. The minimum atomic E-state index is -0.772. The zero-order valence-corrected chi connectivity index (χ0v) is 9.24. The van der Waals surface area contributed by atoms with E-state index in [1.807, 2.05) is 11.8 Å². The third-order valence-electron chi connectivity index (χ3n) is 2.94. The van der Waals surface area contributed by atoms with Gasteiger partial charge in [0.1, 0.15) is 0 Å². The number of carboxylic acid groups (broad SMARTS) is 1. The van der Waals surface area contributed by atoms with Crippen LogP contribution in [0.4, 0.5) is 0 Å². The maximum Gasteiger partial charge on any atom is 0.303 e. The Kier molecular flexibility index (Phi) is 4.59. The predicted octanol–water partition coefficient (Wildman–Crippen LogP) is 1.50. The summed E-state index contributed by atoms with van der Waals surface area (Å²) in [7, 11) is 0. The zero-order valence-electron chi connectivity index (χ0n) is 9.24. The van der Waals surface area contributed by atoms with Gasteiger partial charge in [0.05, 0.1) is 0 Å². The lowest BCUT2D eigenvalue weighted by Crippen LogP contribution is -2.39. The number of aliphatic carboxylic acids is 1. The zero-order chi connectivity index (χ0) is 11.3. The van der Waals surface area contributed by atoms with Crippen molar-refractivity contribution in [1.82, 2.24) is 4.90 Å². The molecule has 0 aromatic heterocycles. The van der Waals surface area contributed by atoms with Crippen molar-refractivity contribution < 1.29 is 14.7 Å². The molecule has 0 bridgehead atoms. The number of likely N-dealkylation sites (tertiary alicyclic amines) is 1. The summed E-state index contributed by atoms with van der Waals surface area (Å²) in [6.45, 7) is 3.39. The lowest BCUT2D eigenvalue weighted by Gasteiger charge is -2.29. The Bertz CT molecular complexity index is 240. The molecular weight excluding hydrogens is 194 g/mol. The molecule has 4 heteroatoms. The standard InChI is InChI=1S/C11H19NO3/c1-2-9(7-11(14)15)8-12-6-4-3-5-10(12)13/h9H,2-8H2,1H3,(H,14,15). The van der Waals surface area contributed by atoms with Crippen LogP contribution in [0, 0.1) is 5.92 Å². The number of nitrogens with zero attached hydrogens (tertiary/aromatic N) is 1. The van der Waals surface area contributed by atoms with Crippen molar-refractivity contribution >= 4 is 11.9 Å². The molecule has 1 N–H and O–H groups in total. The Balaban J connectivity index is 2.42. The van der Waals surface area contributed by atoms with E-state index in [0.717, 1.165) is 25.8 Å². The van der Waals surface area contributed by atoms with E-state index in [9.17, 15) is 9.59 Å². The summed E-state index contributed by atoms with van der Waals surface area (Å²) >= 11 is 0. The fourth-order valence-corrected chi connectivity index (χ4v) is 1.95. The highest BCUT2D eigenvalue weighted by Gasteiger charge is 2.22. The van der Waals surface area contributed by atoms with E-state index in [2.05, 4.69) is 0 Å². The van der Waals surface area contributed by atoms with E-state index in [1.165, 1.54) is 0 Å². The summed E-state index contributed by atoms with van der Waals surface area (Å²) in [5, 5.41) is 8.71. The number of carbonyl (C=O) groups excluding carboxylic acids is 1. The second-order valence-corrected chi connectivity index (χ2v) is 4.17. The number of amides is 1. The van der Waals surface area contributed by atoms with Crippen LogP contribution in [0.25, 0.3) is 0 Å². The Labute approximate surface area is 90.3 Å². The van der Waals surface area contributed by atoms with Gasteiger partial charge in [-0.3, -0.25) is 9.59 Å². The summed E-state index contributed by atoms with van der Waals surface area (Å²) in [5.41, 5.74) is 0. The topological polar surface area (TPSA) is 57.6 Å². The van der Waals surface area contributed by atoms with Crippen molar-refractivity contribution in [2.75, 3.05) is 13.1 Å². The molecule has 86 valence electrons. The number of carbonyl (C=O) groups is 2. The van der Waals surface area contributed by atoms with Crippen LogP contribution in [0.1, 0.15) is 39.0 Å². The van der Waals surface area contributed by atoms with Crippen molar-refractivity contribution in [3.05, 3.63) is 0 Å². The smallest absolute Gasteiger partial charge is 0.303 e. The molecule has 1 fully saturated rings. The molecule has 1 aliphatic heterocycles. The largest absolute Gasteiger partial charge is 0.481 e. The normalized spacial score (nSPS) is 19.0. The molecule has 15 heavy (non-hydrogen) atoms. The Hall–Kier alpha value is -1.06. The summed E-state index contributed by atoms with van der Waals surface area (Å²) < 4.78 is 0. The monoisotopic (exact) mass is 213 g/mol. The minimum absolute atomic E-state index is 0.101. The highest BCUT2D eigenvalue weighted by atomic mass is 16.4. The average Bonchev–Trinajstić information content (AvgIpc) is 2.19. The Morgan fingerprint density at radius 2 is 2.27 bits per heavy atom. The predicted molar refractivity (Wildman–Crippen MR) is 56.5 cm³/mol. The van der Waals surface area contributed by atoms with E-state index < -0.39 is 5.97 Å². The molecule has 0 saturated carbocycles. The third-order valence-corrected chi connectivity index (χ3v) is 2.94. The molecule has 1 heterocycles. The van der Waals surface area contributed by atoms with Crippen molar-refractivity contribution in [3.63, 3.8) is 0 Å². The first-order chi connectivity index (χ1) is 7.13. The summed E-state index contributed by atoms with van der Waals surface area (Å²) in [6.07, 6.45) is 3.64. The van der Waals surface area contributed by atoms with Crippen molar-refractivity contribution in [2.45, 2.75) is 39.0 Å². The second-order valence-electron chi connectivity index (χ2n) is 4.17. The molecule has 1 saturated heterocycles. The van der Waals surface area contributed by atoms with Gasteiger partial charge in [0.2, 0.25) is 5.91 Å². The van der Waals surface area contributed by atoms with E-state index in [4.69, 9.17) is 5.11 Å². The van der Waals surface area contributed by atoms with Gasteiger partial charge in [0.15, 0.2) is 0 Å². The summed E-state index contributed by atoms with van der Waals surface area (Å²) in [5.74, 6) is -0.485. The molecule has 1 unspecified atom stereocenters. The van der Waals surface area contributed by atoms with Crippen LogP contribution < -0.4 is 0 Å². The molecule has 0 radical (unpaired) electrons.